The highest BCUT2D eigenvalue weighted by Crippen LogP contribution is 2.30. The predicted molar refractivity (Wildman–Crippen MR) is 237 cm³/mol. The van der Waals surface area contributed by atoms with Gasteiger partial charge in [-0.2, -0.15) is 0 Å². The first-order valence-corrected chi connectivity index (χ1v) is 22.3. The van der Waals surface area contributed by atoms with Crippen LogP contribution in [0.25, 0.3) is 0 Å². The van der Waals surface area contributed by atoms with Crippen LogP contribution in [-0.4, -0.2) is 163 Å². The van der Waals surface area contributed by atoms with E-state index in [1.54, 1.807) is 45.0 Å². The van der Waals surface area contributed by atoms with Crippen LogP contribution in [0.15, 0.2) is 30.3 Å². The molecule has 354 valence electrons. The molecule has 0 unspecified atom stereocenters. The molecule has 16 heteroatoms. The molecule has 0 saturated carbocycles. The lowest BCUT2D eigenvalue weighted by Gasteiger charge is -2.41. The number of carbonyl (C=O) groups excluding carboxylic acids is 5. The number of benzene rings is 1. The van der Waals surface area contributed by atoms with Crippen LogP contribution in [0.4, 0.5) is 0 Å². The molecule has 1 aromatic rings. The molecule has 0 spiro atoms. The molecule has 1 aliphatic heterocycles. The summed E-state index contributed by atoms with van der Waals surface area (Å²) in [5.74, 6) is -2.67. The summed E-state index contributed by atoms with van der Waals surface area (Å²) in [6.45, 7) is 15.8. The second-order valence-corrected chi connectivity index (χ2v) is 17.0. The summed E-state index contributed by atoms with van der Waals surface area (Å²) in [5.41, 5.74) is 0.844. The number of amides is 4. The Kier molecular flexibility index (Phi) is 25.4. The fraction of sp³-hybridized carbons (Fsp3) is 0.761. The van der Waals surface area contributed by atoms with Crippen molar-refractivity contribution in [3.05, 3.63) is 35.9 Å². The van der Waals surface area contributed by atoms with Gasteiger partial charge in [0.1, 0.15) is 18.7 Å². The average Bonchev–Trinajstić information content (AvgIpc) is 3.74. The average molecular weight is 878 g/mol. The van der Waals surface area contributed by atoms with Crippen molar-refractivity contribution < 1.29 is 52.4 Å². The lowest BCUT2D eigenvalue weighted by Crippen LogP contribution is -2.59. The van der Waals surface area contributed by atoms with E-state index in [4.69, 9.17) is 28.4 Å². The highest BCUT2D eigenvalue weighted by molar-refractivity contribution is 5.90. The molecule has 4 amide bonds. The molecular weight excluding hydrogens is 799 g/mol. The number of likely N-dealkylation sites (N-methyl/N-ethyl adjacent to an activating group) is 2. The van der Waals surface area contributed by atoms with Crippen LogP contribution in [0.5, 0.6) is 0 Å². The Hall–Kier alpha value is -3.67. The minimum Gasteiger partial charge on any atom is -0.462 e. The summed E-state index contributed by atoms with van der Waals surface area (Å²) in [4.78, 5) is 72.6. The van der Waals surface area contributed by atoms with Gasteiger partial charge in [-0.25, -0.2) is 4.79 Å². The van der Waals surface area contributed by atoms with Crippen molar-refractivity contribution in [2.24, 2.45) is 23.7 Å². The predicted octanol–water partition coefficient (Wildman–Crippen LogP) is 3.24. The molecular formula is C46H79N5O11. The van der Waals surface area contributed by atoms with E-state index in [-0.39, 0.29) is 61.5 Å². The van der Waals surface area contributed by atoms with Crippen LogP contribution in [0, 0.1) is 23.7 Å². The molecule has 9 atom stereocenters. The normalized spacial score (nSPS) is 18.0. The number of ether oxygens (including phenoxy) is 6. The Morgan fingerprint density at radius 1 is 0.806 bits per heavy atom. The molecule has 1 heterocycles. The highest BCUT2D eigenvalue weighted by atomic mass is 16.6. The second kappa shape index (κ2) is 28.9. The number of esters is 1. The SMILES string of the molecule is CC[C@H](C)[C@@H]([C@@H](CC(=O)N1CCC[C@H]1[C@H](OC)[C@@H](C)C(=O)N[C@@H](Cc1ccccc1)C(=O)OCCOCCOCCOC)OC)N(C)C(=O)[C@@H](NC(=O)[C@@H](NC)C(C)C)C(C)C. The topological polar surface area (TPSA) is 183 Å². The van der Waals surface area contributed by atoms with E-state index >= 15 is 0 Å². The Morgan fingerprint density at radius 2 is 1.42 bits per heavy atom. The molecule has 16 nitrogen and oxygen atoms in total. The largest absolute Gasteiger partial charge is 0.462 e. The first-order valence-electron chi connectivity index (χ1n) is 22.3. The van der Waals surface area contributed by atoms with Crippen LogP contribution in [0.1, 0.15) is 79.7 Å². The molecule has 3 N–H and O–H groups in total. The zero-order valence-corrected chi connectivity index (χ0v) is 39.6. The molecule has 1 aromatic carbocycles. The molecule has 1 aliphatic rings. The van der Waals surface area contributed by atoms with Gasteiger partial charge in [-0.15, -0.1) is 0 Å². The van der Waals surface area contributed by atoms with Gasteiger partial charge in [0.15, 0.2) is 0 Å². The zero-order valence-electron chi connectivity index (χ0n) is 39.6. The number of hydrogen-bond acceptors (Lipinski definition) is 12. The fourth-order valence-electron chi connectivity index (χ4n) is 8.16. The number of carbonyl (C=O) groups is 5. The third kappa shape index (κ3) is 16.8. The summed E-state index contributed by atoms with van der Waals surface area (Å²) in [7, 11) is 8.11. The van der Waals surface area contributed by atoms with E-state index in [9.17, 15) is 24.0 Å². The van der Waals surface area contributed by atoms with Crippen LogP contribution in [0.2, 0.25) is 0 Å². The van der Waals surface area contributed by atoms with Crippen LogP contribution < -0.4 is 16.0 Å². The maximum Gasteiger partial charge on any atom is 0.329 e. The van der Waals surface area contributed by atoms with E-state index < -0.39 is 60.2 Å². The van der Waals surface area contributed by atoms with Crippen LogP contribution in [-0.2, 0) is 58.8 Å². The van der Waals surface area contributed by atoms with Crippen molar-refractivity contribution in [1.82, 2.24) is 25.8 Å². The van der Waals surface area contributed by atoms with Crippen molar-refractivity contribution in [2.75, 3.05) is 81.6 Å². The van der Waals surface area contributed by atoms with E-state index in [2.05, 4.69) is 16.0 Å². The smallest absolute Gasteiger partial charge is 0.329 e. The van der Waals surface area contributed by atoms with Gasteiger partial charge in [-0.05, 0) is 43.2 Å². The van der Waals surface area contributed by atoms with Gasteiger partial charge < -0.3 is 54.2 Å². The summed E-state index contributed by atoms with van der Waals surface area (Å²) in [5, 5.41) is 8.95. The quantitative estimate of drug-likeness (QED) is 0.0760. The maximum absolute atomic E-state index is 14.3. The number of nitrogens with one attached hydrogen (secondary N) is 3. The minimum absolute atomic E-state index is 0.00202. The number of likely N-dealkylation sites (tertiary alicyclic amines) is 1. The second-order valence-electron chi connectivity index (χ2n) is 17.0. The van der Waals surface area contributed by atoms with Gasteiger partial charge in [-0.3, -0.25) is 19.2 Å². The fourth-order valence-corrected chi connectivity index (χ4v) is 8.16. The summed E-state index contributed by atoms with van der Waals surface area (Å²) in [6.07, 6.45) is 0.880. The number of nitrogens with zero attached hydrogens (tertiary/aromatic N) is 2. The Labute approximate surface area is 371 Å². The maximum atomic E-state index is 14.3. The molecule has 0 aromatic heterocycles. The summed E-state index contributed by atoms with van der Waals surface area (Å²) in [6, 6.07) is 6.22. The zero-order chi connectivity index (χ0) is 46.4. The third-order valence-corrected chi connectivity index (χ3v) is 11.9. The Morgan fingerprint density at radius 3 is 1.97 bits per heavy atom. The van der Waals surface area contributed by atoms with Gasteiger partial charge in [-0.1, -0.05) is 85.2 Å². The number of methoxy groups -OCH3 is 3. The van der Waals surface area contributed by atoms with Crippen molar-refractivity contribution in [3.8, 4) is 0 Å². The Bertz CT molecular complexity index is 1480. The lowest BCUT2D eigenvalue weighted by molar-refractivity contribution is -0.151. The van der Waals surface area contributed by atoms with Gasteiger partial charge >= 0.3 is 5.97 Å². The molecule has 0 radical (unpaired) electrons. The standard InChI is InChI=1S/C46H79N5O11/c1-13-32(6)41(50(9)45(55)40(31(4)5)49-44(54)39(47-8)30(2)3)37(58-11)29-38(52)51-21-17-20-36(51)42(59-12)33(7)43(53)48-35(28-34-18-15-14-16-19-34)46(56)62-27-26-61-25-24-60-23-22-57-10/h14-16,18-19,30-33,35-37,39-42,47H,13,17,20-29H2,1-12H3,(H,48,53)(H,49,54)/t32-,33+,35-,36-,37+,39-,40-,41-,42+/m0/s1. The van der Waals surface area contributed by atoms with Crippen molar-refractivity contribution in [2.45, 2.75) is 123 Å². The van der Waals surface area contributed by atoms with Crippen LogP contribution in [0.3, 0.4) is 0 Å². The molecule has 0 aliphatic carbocycles. The van der Waals surface area contributed by atoms with E-state index in [1.165, 1.54) is 7.11 Å². The monoisotopic (exact) mass is 878 g/mol. The molecule has 0 bridgehead atoms. The van der Waals surface area contributed by atoms with Crippen molar-refractivity contribution in [1.29, 1.82) is 0 Å². The summed E-state index contributed by atoms with van der Waals surface area (Å²) >= 11 is 0. The number of hydrogen-bond donors (Lipinski definition) is 3. The van der Waals surface area contributed by atoms with Crippen molar-refractivity contribution in [3.63, 3.8) is 0 Å². The first kappa shape index (κ1) is 54.5. The van der Waals surface area contributed by atoms with Gasteiger partial charge in [0.05, 0.1) is 75.7 Å². The van der Waals surface area contributed by atoms with Crippen molar-refractivity contribution >= 4 is 29.6 Å². The van der Waals surface area contributed by atoms with Gasteiger partial charge in [0.2, 0.25) is 23.6 Å². The molecule has 1 saturated heterocycles. The van der Waals surface area contributed by atoms with Gasteiger partial charge in [0.25, 0.3) is 0 Å². The Balaban J connectivity index is 2.22. The van der Waals surface area contributed by atoms with E-state index in [0.29, 0.717) is 52.2 Å². The van der Waals surface area contributed by atoms with E-state index in [0.717, 1.165) is 5.56 Å². The van der Waals surface area contributed by atoms with Gasteiger partial charge in [0, 0.05) is 41.3 Å². The molecule has 2 rings (SSSR count). The van der Waals surface area contributed by atoms with E-state index in [1.807, 2.05) is 71.9 Å². The molecule has 1 fully saturated rings. The minimum atomic E-state index is -0.980. The first-order chi connectivity index (χ1) is 29.6. The summed E-state index contributed by atoms with van der Waals surface area (Å²) < 4.78 is 33.4. The third-order valence-electron chi connectivity index (χ3n) is 11.9. The number of rotatable bonds is 30. The van der Waals surface area contributed by atoms with Crippen LogP contribution >= 0.6 is 0 Å². The highest BCUT2D eigenvalue weighted by Gasteiger charge is 2.43. The molecule has 62 heavy (non-hydrogen) atoms. The lowest BCUT2D eigenvalue weighted by atomic mass is 9.89.